The van der Waals surface area contributed by atoms with Gasteiger partial charge >= 0.3 is 10.2 Å². The first kappa shape index (κ1) is 16.3. The minimum absolute atomic E-state index is 0.388. The average Bonchev–Trinajstić information content (AvgIpc) is 2.44. The van der Waals surface area contributed by atoms with Crippen LogP contribution in [-0.4, -0.2) is 39.4 Å². The highest BCUT2D eigenvalue weighted by Crippen LogP contribution is 2.23. The van der Waals surface area contributed by atoms with Gasteiger partial charge in [-0.2, -0.15) is 12.7 Å². The summed E-state index contributed by atoms with van der Waals surface area (Å²) in [6.45, 7) is 5.96. The molecule has 0 bridgehead atoms. The van der Waals surface area contributed by atoms with Gasteiger partial charge in [0, 0.05) is 13.1 Å². The van der Waals surface area contributed by atoms with Gasteiger partial charge in [-0.3, -0.25) is 4.72 Å². The van der Waals surface area contributed by atoms with Crippen molar-refractivity contribution in [2.45, 2.75) is 26.7 Å². The summed E-state index contributed by atoms with van der Waals surface area (Å²) < 4.78 is 29.4. The van der Waals surface area contributed by atoms with E-state index in [9.17, 15) is 8.42 Å². The number of piperidine rings is 1. The molecule has 1 aliphatic rings. The normalized spacial score (nSPS) is 20.4. The zero-order chi connectivity index (χ0) is 15.5. The van der Waals surface area contributed by atoms with Gasteiger partial charge in [0.1, 0.15) is 0 Å². The molecule has 5 nitrogen and oxygen atoms in total. The maximum atomic E-state index is 12.6. The summed E-state index contributed by atoms with van der Waals surface area (Å²) >= 11 is 0. The highest BCUT2D eigenvalue weighted by atomic mass is 32.2. The molecule has 2 rings (SSSR count). The van der Waals surface area contributed by atoms with E-state index in [4.69, 9.17) is 0 Å². The quantitative estimate of drug-likeness (QED) is 0.873. The molecule has 1 aromatic rings. The lowest BCUT2D eigenvalue weighted by molar-refractivity contribution is 0.264. The molecule has 6 heteroatoms. The molecule has 21 heavy (non-hydrogen) atoms. The first-order chi connectivity index (χ1) is 9.94. The Bertz CT molecular complexity index is 585. The number of rotatable bonds is 5. The fourth-order valence-electron chi connectivity index (χ4n) is 2.77. The van der Waals surface area contributed by atoms with Gasteiger partial charge in [0.2, 0.25) is 0 Å². The molecule has 0 aliphatic carbocycles. The third-order valence-electron chi connectivity index (χ3n) is 4.16. The van der Waals surface area contributed by atoms with Crippen LogP contribution in [0.3, 0.4) is 0 Å². The van der Waals surface area contributed by atoms with E-state index in [1.807, 2.05) is 39.1 Å². The molecule has 118 valence electrons. The van der Waals surface area contributed by atoms with Gasteiger partial charge in [-0.1, -0.05) is 12.1 Å². The molecule has 1 aromatic carbocycles. The van der Waals surface area contributed by atoms with Crippen LogP contribution in [0.25, 0.3) is 0 Å². The minimum Gasteiger partial charge on any atom is -0.319 e. The zero-order valence-corrected chi connectivity index (χ0v) is 13.8. The monoisotopic (exact) mass is 311 g/mol. The van der Waals surface area contributed by atoms with Gasteiger partial charge in [-0.25, -0.2) is 0 Å². The van der Waals surface area contributed by atoms with Crippen LogP contribution >= 0.6 is 0 Å². The van der Waals surface area contributed by atoms with Crippen molar-refractivity contribution in [2.24, 2.45) is 5.92 Å². The van der Waals surface area contributed by atoms with Crippen LogP contribution in [0, 0.1) is 19.8 Å². The van der Waals surface area contributed by atoms with Crippen LogP contribution in [0.15, 0.2) is 18.2 Å². The van der Waals surface area contributed by atoms with Crippen LogP contribution < -0.4 is 10.0 Å². The molecule has 1 saturated heterocycles. The van der Waals surface area contributed by atoms with Crippen molar-refractivity contribution in [3.05, 3.63) is 29.3 Å². The number of anilines is 1. The van der Waals surface area contributed by atoms with Crippen molar-refractivity contribution >= 4 is 15.9 Å². The molecule has 1 atom stereocenters. The Kier molecular flexibility index (Phi) is 5.24. The Morgan fingerprint density at radius 1 is 1.33 bits per heavy atom. The second-order valence-corrected chi connectivity index (χ2v) is 7.45. The highest BCUT2D eigenvalue weighted by molar-refractivity contribution is 7.90. The predicted octanol–water partition coefficient (Wildman–Crippen LogP) is 1.89. The summed E-state index contributed by atoms with van der Waals surface area (Å²) in [4.78, 5) is 0. The summed E-state index contributed by atoms with van der Waals surface area (Å²) in [5.74, 6) is 0.388. The van der Waals surface area contributed by atoms with Crippen molar-refractivity contribution in [3.63, 3.8) is 0 Å². The Morgan fingerprint density at radius 3 is 2.81 bits per heavy atom. The predicted molar refractivity (Wildman–Crippen MR) is 86.7 cm³/mol. The molecule has 0 spiro atoms. The van der Waals surface area contributed by atoms with Crippen molar-refractivity contribution in [1.82, 2.24) is 9.62 Å². The van der Waals surface area contributed by atoms with Crippen molar-refractivity contribution in [2.75, 3.05) is 31.4 Å². The van der Waals surface area contributed by atoms with E-state index in [0.717, 1.165) is 30.5 Å². The smallest absolute Gasteiger partial charge is 0.301 e. The fraction of sp³-hybridized carbons (Fsp3) is 0.600. The van der Waals surface area contributed by atoms with Crippen molar-refractivity contribution in [3.8, 4) is 0 Å². The van der Waals surface area contributed by atoms with Crippen LogP contribution in [0.5, 0.6) is 0 Å². The van der Waals surface area contributed by atoms with E-state index in [2.05, 4.69) is 10.0 Å². The van der Waals surface area contributed by atoms with Crippen molar-refractivity contribution in [1.29, 1.82) is 0 Å². The second kappa shape index (κ2) is 6.77. The Balaban J connectivity index is 2.12. The van der Waals surface area contributed by atoms with E-state index >= 15 is 0 Å². The zero-order valence-electron chi connectivity index (χ0n) is 13.0. The van der Waals surface area contributed by atoms with E-state index < -0.39 is 10.2 Å². The maximum absolute atomic E-state index is 12.6. The lowest BCUT2D eigenvalue weighted by Gasteiger charge is -2.32. The molecule has 0 aromatic heterocycles. The number of benzene rings is 1. The standard InChI is InChI=1S/C15H25N3O2S/c1-12-6-4-8-15(13(12)2)17-21(19,20)18-9-5-7-14(11-18)10-16-3/h4,6,8,14,16-17H,5,7,9-11H2,1-3H3. The number of nitrogens with one attached hydrogen (secondary N) is 2. The Labute approximate surface area is 127 Å². The van der Waals surface area contributed by atoms with Crippen LogP contribution in [0.1, 0.15) is 24.0 Å². The minimum atomic E-state index is -3.47. The number of nitrogens with zero attached hydrogens (tertiary/aromatic N) is 1. The summed E-state index contributed by atoms with van der Waals surface area (Å²) in [5, 5.41) is 3.13. The third kappa shape index (κ3) is 3.96. The molecular weight excluding hydrogens is 286 g/mol. The molecule has 1 aliphatic heterocycles. The first-order valence-corrected chi connectivity index (χ1v) is 8.86. The molecule has 1 unspecified atom stereocenters. The topological polar surface area (TPSA) is 61.4 Å². The Hall–Kier alpha value is -1.11. The van der Waals surface area contributed by atoms with Crippen LogP contribution in [-0.2, 0) is 10.2 Å². The summed E-state index contributed by atoms with van der Waals surface area (Å²) in [6.07, 6.45) is 2.00. The summed E-state index contributed by atoms with van der Waals surface area (Å²) in [6, 6.07) is 5.67. The molecule has 2 N–H and O–H groups in total. The summed E-state index contributed by atoms with van der Waals surface area (Å²) in [7, 11) is -1.57. The number of hydrogen-bond acceptors (Lipinski definition) is 3. The number of hydrogen-bond donors (Lipinski definition) is 2. The SMILES string of the molecule is CNCC1CCCN(S(=O)(=O)Nc2cccc(C)c2C)C1. The lowest BCUT2D eigenvalue weighted by atomic mass is 10.00. The Morgan fingerprint density at radius 2 is 2.10 bits per heavy atom. The number of aryl methyl sites for hydroxylation is 1. The van der Waals surface area contributed by atoms with E-state index in [-0.39, 0.29) is 0 Å². The van der Waals surface area contributed by atoms with Crippen molar-refractivity contribution < 1.29 is 8.42 Å². The second-order valence-electron chi connectivity index (χ2n) is 5.78. The van der Waals surface area contributed by atoms with Gasteiger partial charge in [0.05, 0.1) is 5.69 Å². The molecular formula is C15H25N3O2S. The van der Waals surface area contributed by atoms with Gasteiger partial charge in [0.25, 0.3) is 0 Å². The average molecular weight is 311 g/mol. The van der Waals surface area contributed by atoms with Gasteiger partial charge in [-0.05, 0) is 63.4 Å². The first-order valence-electron chi connectivity index (χ1n) is 7.42. The third-order valence-corrected chi connectivity index (χ3v) is 5.65. The summed E-state index contributed by atoms with van der Waals surface area (Å²) in [5.41, 5.74) is 2.73. The van der Waals surface area contributed by atoms with Crippen LogP contribution in [0.2, 0.25) is 0 Å². The molecule has 0 saturated carbocycles. The van der Waals surface area contributed by atoms with Gasteiger partial charge in [-0.15, -0.1) is 0 Å². The largest absolute Gasteiger partial charge is 0.319 e. The van der Waals surface area contributed by atoms with E-state index in [0.29, 0.717) is 24.7 Å². The highest BCUT2D eigenvalue weighted by Gasteiger charge is 2.28. The molecule has 1 fully saturated rings. The molecule has 0 amide bonds. The molecule has 0 radical (unpaired) electrons. The maximum Gasteiger partial charge on any atom is 0.301 e. The van der Waals surface area contributed by atoms with Gasteiger partial charge < -0.3 is 5.32 Å². The lowest BCUT2D eigenvalue weighted by Crippen LogP contribution is -2.44. The van der Waals surface area contributed by atoms with Gasteiger partial charge in [0.15, 0.2) is 0 Å². The van der Waals surface area contributed by atoms with Crippen LogP contribution in [0.4, 0.5) is 5.69 Å². The van der Waals surface area contributed by atoms with E-state index in [1.54, 1.807) is 4.31 Å². The molecule has 1 heterocycles. The fourth-order valence-corrected chi connectivity index (χ4v) is 4.17. The van der Waals surface area contributed by atoms with E-state index in [1.165, 1.54) is 0 Å².